The molecule has 7 heteroatoms. The number of hydrogen-bond acceptors (Lipinski definition) is 4. The van der Waals surface area contributed by atoms with Crippen molar-refractivity contribution in [3.05, 3.63) is 0 Å². The first kappa shape index (κ1) is 13.7. The molecule has 1 unspecified atom stereocenters. The minimum Gasteiger partial charge on any atom is -0.352 e. The molecule has 2 heterocycles. The van der Waals surface area contributed by atoms with Crippen LogP contribution in [0.1, 0.15) is 12.8 Å². The molecule has 2 saturated heterocycles. The largest absolute Gasteiger partial charge is 0.352 e. The number of hydrogen-bond donors (Lipinski definition) is 2. The van der Waals surface area contributed by atoms with E-state index in [-0.39, 0.29) is 41.8 Å². The molecule has 0 radical (unpaired) electrons. The summed E-state index contributed by atoms with van der Waals surface area (Å²) in [6, 6.07) is -0.170. The zero-order valence-corrected chi connectivity index (χ0v) is 10.6. The average Bonchev–Trinajstić information content (AvgIpc) is 1.97. The van der Waals surface area contributed by atoms with Gasteiger partial charge in [-0.1, -0.05) is 0 Å². The number of amides is 1. The number of halogens is 1. The van der Waals surface area contributed by atoms with Crippen molar-refractivity contribution in [2.24, 2.45) is 5.92 Å². The van der Waals surface area contributed by atoms with Crippen molar-refractivity contribution in [3.63, 3.8) is 0 Å². The van der Waals surface area contributed by atoms with E-state index >= 15 is 0 Å². The van der Waals surface area contributed by atoms with E-state index < -0.39 is 9.84 Å². The van der Waals surface area contributed by atoms with Crippen LogP contribution in [-0.4, -0.2) is 45.0 Å². The lowest BCUT2D eigenvalue weighted by atomic mass is 10.0. The second kappa shape index (κ2) is 5.33. The molecule has 2 aliphatic rings. The second-order valence-electron chi connectivity index (χ2n) is 4.32. The Morgan fingerprint density at radius 1 is 1.31 bits per heavy atom. The molecule has 2 aliphatic heterocycles. The molecule has 94 valence electrons. The van der Waals surface area contributed by atoms with Gasteiger partial charge in [-0.3, -0.25) is 4.79 Å². The Morgan fingerprint density at radius 3 is 2.50 bits per heavy atom. The molecule has 1 amide bonds. The van der Waals surface area contributed by atoms with Gasteiger partial charge in [-0.05, 0) is 12.8 Å². The van der Waals surface area contributed by atoms with Crippen LogP contribution in [0.3, 0.4) is 0 Å². The van der Waals surface area contributed by atoms with Crippen LogP contribution in [0, 0.1) is 5.92 Å². The fraction of sp³-hybridized carbons (Fsp3) is 0.889. The molecule has 2 N–H and O–H groups in total. The van der Waals surface area contributed by atoms with Crippen LogP contribution in [-0.2, 0) is 14.6 Å². The topological polar surface area (TPSA) is 75.3 Å². The van der Waals surface area contributed by atoms with E-state index in [1.54, 1.807) is 0 Å². The van der Waals surface area contributed by atoms with Crippen molar-refractivity contribution in [3.8, 4) is 0 Å². The van der Waals surface area contributed by atoms with Gasteiger partial charge in [0.2, 0.25) is 5.91 Å². The van der Waals surface area contributed by atoms with Crippen molar-refractivity contribution >= 4 is 28.2 Å². The summed E-state index contributed by atoms with van der Waals surface area (Å²) in [5.41, 5.74) is 0. The lowest BCUT2D eigenvalue weighted by molar-refractivity contribution is -0.127. The minimum absolute atomic E-state index is 0. The van der Waals surface area contributed by atoms with Gasteiger partial charge < -0.3 is 10.6 Å². The molecule has 16 heavy (non-hydrogen) atoms. The highest BCUT2D eigenvalue weighted by atomic mass is 35.5. The van der Waals surface area contributed by atoms with Crippen LogP contribution in [0.2, 0.25) is 0 Å². The van der Waals surface area contributed by atoms with E-state index in [1.807, 2.05) is 0 Å². The van der Waals surface area contributed by atoms with Crippen LogP contribution in [0.15, 0.2) is 0 Å². The van der Waals surface area contributed by atoms with Crippen molar-refractivity contribution in [1.29, 1.82) is 0 Å². The molecule has 0 aromatic rings. The van der Waals surface area contributed by atoms with E-state index in [0.717, 1.165) is 6.42 Å². The molecule has 2 fully saturated rings. The van der Waals surface area contributed by atoms with E-state index in [9.17, 15) is 13.2 Å². The van der Waals surface area contributed by atoms with Crippen LogP contribution in [0.25, 0.3) is 0 Å². The lowest BCUT2D eigenvalue weighted by Crippen LogP contribution is -2.54. The summed E-state index contributed by atoms with van der Waals surface area (Å²) in [6.07, 6.45) is 1.45. The van der Waals surface area contributed by atoms with E-state index in [0.29, 0.717) is 19.5 Å². The number of carbonyl (C=O) groups is 1. The van der Waals surface area contributed by atoms with Gasteiger partial charge in [0.25, 0.3) is 0 Å². The van der Waals surface area contributed by atoms with Crippen molar-refractivity contribution < 1.29 is 13.2 Å². The Morgan fingerprint density at radius 2 is 2.00 bits per heavy atom. The third-order valence-corrected chi connectivity index (χ3v) is 4.78. The standard InChI is InChI=1S/C9H16N2O3S.ClH/c12-9(7-4-10-5-7)11-8-2-1-3-15(13,14)6-8;/h7-8,10H,1-6H2,(H,11,12);1H. The third-order valence-electron chi connectivity index (χ3n) is 2.96. The quantitative estimate of drug-likeness (QED) is 0.696. The van der Waals surface area contributed by atoms with Crippen molar-refractivity contribution in [2.75, 3.05) is 24.6 Å². The summed E-state index contributed by atoms with van der Waals surface area (Å²) in [5, 5.41) is 5.83. The molecular formula is C9H17ClN2O3S. The molecule has 0 aliphatic carbocycles. The Hall–Kier alpha value is -0.330. The monoisotopic (exact) mass is 268 g/mol. The summed E-state index contributed by atoms with van der Waals surface area (Å²) in [7, 11) is -2.92. The van der Waals surface area contributed by atoms with Gasteiger partial charge in [0.15, 0.2) is 9.84 Å². The Bertz CT molecular complexity index is 354. The Balaban J connectivity index is 0.00000128. The Labute approximate surface area is 102 Å². The summed E-state index contributed by atoms with van der Waals surface area (Å²) in [4.78, 5) is 11.6. The fourth-order valence-electron chi connectivity index (χ4n) is 1.93. The average molecular weight is 269 g/mol. The van der Waals surface area contributed by atoms with E-state index in [2.05, 4.69) is 10.6 Å². The fourth-order valence-corrected chi connectivity index (χ4v) is 3.57. The number of sulfone groups is 1. The summed E-state index contributed by atoms with van der Waals surface area (Å²) in [6.45, 7) is 1.43. The molecule has 0 aromatic carbocycles. The maximum absolute atomic E-state index is 11.6. The molecule has 0 saturated carbocycles. The van der Waals surface area contributed by atoms with Crippen LogP contribution in [0.5, 0.6) is 0 Å². The molecule has 0 spiro atoms. The zero-order valence-electron chi connectivity index (χ0n) is 8.94. The molecule has 0 bridgehead atoms. The lowest BCUT2D eigenvalue weighted by Gasteiger charge is -2.29. The Kier molecular flexibility index (Phi) is 4.58. The maximum Gasteiger partial charge on any atom is 0.225 e. The minimum atomic E-state index is -2.92. The highest BCUT2D eigenvalue weighted by molar-refractivity contribution is 7.91. The number of nitrogens with one attached hydrogen (secondary N) is 2. The maximum atomic E-state index is 11.6. The van der Waals surface area contributed by atoms with E-state index in [4.69, 9.17) is 0 Å². The van der Waals surface area contributed by atoms with Gasteiger partial charge in [-0.25, -0.2) is 8.42 Å². The highest BCUT2D eigenvalue weighted by Gasteiger charge is 2.30. The SMILES string of the molecule is Cl.O=C(NC1CCCS(=O)(=O)C1)C1CNC1. The van der Waals surface area contributed by atoms with Gasteiger partial charge in [0.05, 0.1) is 17.4 Å². The first-order valence-corrected chi connectivity index (χ1v) is 7.10. The number of rotatable bonds is 2. The first-order valence-electron chi connectivity index (χ1n) is 5.28. The smallest absolute Gasteiger partial charge is 0.225 e. The molecule has 0 aromatic heterocycles. The van der Waals surface area contributed by atoms with E-state index in [1.165, 1.54) is 0 Å². The molecule has 5 nitrogen and oxygen atoms in total. The molecular weight excluding hydrogens is 252 g/mol. The predicted molar refractivity (Wildman–Crippen MR) is 63.4 cm³/mol. The molecule has 1 atom stereocenters. The zero-order chi connectivity index (χ0) is 10.9. The van der Waals surface area contributed by atoms with Gasteiger partial charge in [0.1, 0.15) is 0 Å². The van der Waals surface area contributed by atoms with Gasteiger partial charge >= 0.3 is 0 Å². The molecule has 2 rings (SSSR count). The first-order chi connectivity index (χ1) is 7.07. The normalized spacial score (nSPS) is 28.6. The van der Waals surface area contributed by atoms with Crippen LogP contribution < -0.4 is 10.6 Å². The van der Waals surface area contributed by atoms with Crippen LogP contribution >= 0.6 is 12.4 Å². The summed E-state index contributed by atoms with van der Waals surface area (Å²) < 4.78 is 22.7. The van der Waals surface area contributed by atoms with Crippen LogP contribution in [0.4, 0.5) is 0 Å². The third kappa shape index (κ3) is 3.33. The van der Waals surface area contributed by atoms with Gasteiger partial charge in [-0.15, -0.1) is 12.4 Å². The van der Waals surface area contributed by atoms with Crippen molar-refractivity contribution in [1.82, 2.24) is 10.6 Å². The van der Waals surface area contributed by atoms with Gasteiger partial charge in [0, 0.05) is 19.1 Å². The second-order valence-corrected chi connectivity index (χ2v) is 6.55. The highest BCUT2D eigenvalue weighted by Crippen LogP contribution is 2.13. The number of carbonyl (C=O) groups excluding carboxylic acids is 1. The summed E-state index contributed by atoms with van der Waals surface area (Å²) in [5.74, 6) is 0.411. The van der Waals surface area contributed by atoms with Gasteiger partial charge in [-0.2, -0.15) is 0 Å². The summed E-state index contributed by atoms with van der Waals surface area (Å²) >= 11 is 0. The predicted octanol–water partition coefficient (Wildman–Crippen LogP) is -0.679. The van der Waals surface area contributed by atoms with Crippen molar-refractivity contribution in [2.45, 2.75) is 18.9 Å².